The maximum absolute atomic E-state index is 12.5. The maximum Gasteiger partial charge on any atom is 0.325 e. The molecule has 1 aliphatic heterocycles. The van der Waals surface area contributed by atoms with Crippen LogP contribution in [0.4, 0.5) is 4.79 Å². The van der Waals surface area contributed by atoms with Gasteiger partial charge in [-0.3, -0.25) is 9.69 Å². The first-order valence-corrected chi connectivity index (χ1v) is 8.73. The Morgan fingerprint density at radius 3 is 2.76 bits per heavy atom. The summed E-state index contributed by atoms with van der Waals surface area (Å²) in [7, 11) is 0. The molecule has 3 aromatic rings. The van der Waals surface area contributed by atoms with Crippen molar-refractivity contribution in [3.63, 3.8) is 0 Å². The standard InChI is InChI=1S/C18H15N3O3S/c22-17-13(9-12-5-2-1-3-6-12)20-18(23)21(17)11-16-19-10-14(24-16)15-7-4-8-25-15/h1-8,10,13H,9,11H2,(H,20,23)/t13-/m0/s1. The summed E-state index contributed by atoms with van der Waals surface area (Å²) >= 11 is 1.54. The third kappa shape index (κ3) is 3.18. The second-order valence-corrected chi connectivity index (χ2v) is 6.66. The van der Waals surface area contributed by atoms with E-state index in [0.29, 0.717) is 18.1 Å². The number of hydrogen-bond acceptors (Lipinski definition) is 5. The molecule has 1 fully saturated rings. The van der Waals surface area contributed by atoms with Gasteiger partial charge in [0.15, 0.2) is 5.76 Å². The highest BCUT2D eigenvalue weighted by Gasteiger charge is 2.38. The van der Waals surface area contributed by atoms with E-state index in [2.05, 4.69) is 10.3 Å². The van der Waals surface area contributed by atoms with Gasteiger partial charge in [0.25, 0.3) is 5.91 Å². The highest BCUT2D eigenvalue weighted by Crippen LogP contribution is 2.26. The number of benzene rings is 1. The minimum Gasteiger partial charge on any atom is -0.438 e. The largest absolute Gasteiger partial charge is 0.438 e. The van der Waals surface area contributed by atoms with E-state index in [-0.39, 0.29) is 12.5 Å². The van der Waals surface area contributed by atoms with Crippen LogP contribution in [0.5, 0.6) is 0 Å². The Morgan fingerprint density at radius 2 is 2.00 bits per heavy atom. The Labute approximate surface area is 148 Å². The van der Waals surface area contributed by atoms with Gasteiger partial charge in [-0.2, -0.15) is 0 Å². The molecule has 6 nitrogen and oxygen atoms in total. The van der Waals surface area contributed by atoms with Gasteiger partial charge in [0.05, 0.1) is 11.1 Å². The van der Waals surface area contributed by atoms with Crippen molar-refractivity contribution >= 4 is 23.3 Å². The van der Waals surface area contributed by atoms with Gasteiger partial charge < -0.3 is 9.73 Å². The molecule has 1 saturated heterocycles. The minimum absolute atomic E-state index is 0.0291. The van der Waals surface area contributed by atoms with Crippen LogP contribution in [-0.2, 0) is 17.8 Å². The van der Waals surface area contributed by atoms with Crippen molar-refractivity contribution < 1.29 is 14.0 Å². The third-order valence-electron chi connectivity index (χ3n) is 4.00. The molecule has 2 aromatic heterocycles. The van der Waals surface area contributed by atoms with Crippen molar-refractivity contribution in [1.82, 2.24) is 15.2 Å². The van der Waals surface area contributed by atoms with E-state index >= 15 is 0 Å². The Kier molecular flexibility index (Phi) is 4.07. The van der Waals surface area contributed by atoms with Crippen LogP contribution in [0.3, 0.4) is 0 Å². The number of imide groups is 1. The lowest BCUT2D eigenvalue weighted by Crippen LogP contribution is -2.32. The molecular formula is C18H15N3O3S. The van der Waals surface area contributed by atoms with Crippen LogP contribution in [0.2, 0.25) is 0 Å². The van der Waals surface area contributed by atoms with Crippen LogP contribution in [0.15, 0.2) is 58.5 Å². The van der Waals surface area contributed by atoms with Gasteiger partial charge in [0.2, 0.25) is 5.89 Å². The highest BCUT2D eigenvalue weighted by atomic mass is 32.1. The topological polar surface area (TPSA) is 75.4 Å². The molecule has 0 bridgehead atoms. The van der Waals surface area contributed by atoms with E-state index in [0.717, 1.165) is 15.3 Å². The molecule has 1 atom stereocenters. The molecule has 25 heavy (non-hydrogen) atoms. The number of thiophene rings is 1. The molecule has 1 aromatic carbocycles. The summed E-state index contributed by atoms with van der Waals surface area (Å²) in [6, 6.07) is 12.5. The second-order valence-electron chi connectivity index (χ2n) is 5.71. The zero-order valence-corrected chi connectivity index (χ0v) is 14.0. The first-order chi connectivity index (χ1) is 12.2. The Morgan fingerprint density at radius 1 is 1.16 bits per heavy atom. The number of nitrogens with one attached hydrogen (secondary N) is 1. The lowest BCUT2D eigenvalue weighted by Gasteiger charge is -2.10. The Bertz CT molecular complexity index is 889. The number of carbonyl (C=O) groups excluding carboxylic acids is 2. The summed E-state index contributed by atoms with van der Waals surface area (Å²) in [5.74, 6) is 0.717. The molecular weight excluding hydrogens is 338 g/mol. The molecule has 3 amide bonds. The number of nitrogens with zero attached hydrogens (tertiary/aromatic N) is 2. The number of amides is 3. The third-order valence-corrected chi connectivity index (χ3v) is 4.89. The zero-order chi connectivity index (χ0) is 17.2. The molecule has 7 heteroatoms. The van der Waals surface area contributed by atoms with E-state index in [1.165, 1.54) is 0 Å². The lowest BCUT2D eigenvalue weighted by atomic mass is 10.1. The van der Waals surface area contributed by atoms with Crippen molar-refractivity contribution in [2.45, 2.75) is 19.0 Å². The molecule has 0 spiro atoms. The maximum atomic E-state index is 12.5. The van der Waals surface area contributed by atoms with Crippen LogP contribution < -0.4 is 5.32 Å². The monoisotopic (exact) mass is 353 g/mol. The summed E-state index contributed by atoms with van der Waals surface area (Å²) in [6.07, 6.45) is 2.08. The molecule has 3 heterocycles. The van der Waals surface area contributed by atoms with Gasteiger partial charge in [-0.05, 0) is 17.0 Å². The number of aromatic nitrogens is 1. The predicted molar refractivity (Wildman–Crippen MR) is 92.8 cm³/mol. The van der Waals surface area contributed by atoms with Gasteiger partial charge >= 0.3 is 6.03 Å². The van der Waals surface area contributed by atoms with E-state index < -0.39 is 12.1 Å². The van der Waals surface area contributed by atoms with Gasteiger partial charge in [0.1, 0.15) is 12.6 Å². The fourth-order valence-electron chi connectivity index (χ4n) is 2.77. The van der Waals surface area contributed by atoms with Crippen LogP contribution >= 0.6 is 11.3 Å². The molecule has 0 aliphatic carbocycles. The predicted octanol–water partition coefficient (Wildman–Crippen LogP) is 3.07. The molecule has 0 radical (unpaired) electrons. The van der Waals surface area contributed by atoms with E-state index in [1.54, 1.807) is 17.5 Å². The van der Waals surface area contributed by atoms with Crippen LogP contribution in [0.1, 0.15) is 11.5 Å². The first kappa shape index (κ1) is 15.6. The summed E-state index contributed by atoms with van der Waals surface area (Å²) in [4.78, 5) is 31.0. The normalized spacial score (nSPS) is 17.1. The summed E-state index contributed by atoms with van der Waals surface area (Å²) < 4.78 is 5.67. The quantitative estimate of drug-likeness (QED) is 0.715. The molecule has 0 saturated carbocycles. The SMILES string of the molecule is O=C1N[C@@H](Cc2ccccc2)C(=O)N1Cc1ncc(-c2cccs2)o1. The molecule has 0 unspecified atom stereocenters. The number of carbonyl (C=O) groups is 2. The van der Waals surface area contributed by atoms with Gasteiger partial charge in [-0.15, -0.1) is 11.3 Å². The van der Waals surface area contributed by atoms with Gasteiger partial charge in [0, 0.05) is 6.42 Å². The smallest absolute Gasteiger partial charge is 0.325 e. The van der Waals surface area contributed by atoms with Gasteiger partial charge in [-0.25, -0.2) is 9.78 Å². The average Bonchev–Trinajstić information content (AvgIpc) is 3.34. The molecule has 1 aliphatic rings. The van der Waals surface area contributed by atoms with Crippen LogP contribution in [0, 0.1) is 0 Å². The van der Waals surface area contributed by atoms with Crippen molar-refractivity contribution in [1.29, 1.82) is 0 Å². The first-order valence-electron chi connectivity index (χ1n) is 7.85. The minimum atomic E-state index is -0.554. The fourth-order valence-corrected chi connectivity index (χ4v) is 3.44. The van der Waals surface area contributed by atoms with Crippen LogP contribution in [-0.4, -0.2) is 27.9 Å². The summed E-state index contributed by atoms with van der Waals surface area (Å²) in [5.41, 5.74) is 0.999. The Hall–Kier alpha value is -2.93. The summed E-state index contributed by atoms with van der Waals surface area (Å²) in [6.45, 7) is 0.0291. The summed E-state index contributed by atoms with van der Waals surface area (Å²) in [5, 5.41) is 4.67. The number of hydrogen-bond donors (Lipinski definition) is 1. The Balaban J connectivity index is 1.46. The zero-order valence-electron chi connectivity index (χ0n) is 13.2. The van der Waals surface area contributed by atoms with Crippen LogP contribution in [0.25, 0.3) is 10.6 Å². The van der Waals surface area contributed by atoms with Crippen molar-refractivity contribution in [2.24, 2.45) is 0 Å². The van der Waals surface area contributed by atoms with Crippen molar-refractivity contribution in [3.8, 4) is 10.6 Å². The number of rotatable bonds is 5. The van der Waals surface area contributed by atoms with E-state index in [9.17, 15) is 9.59 Å². The average molecular weight is 353 g/mol. The van der Waals surface area contributed by atoms with Crippen molar-refractivity contribution in [3.05, 3.63) is 65.5 Å². The molecule has 126 valence electrons. The second kappa shape index (κ2) is 6.52. The number of oxazole rings is 1. The van der Waals surface area contributed by atoms with Crippen molar-refractivity contribution in [2.75, 3.05) is 0 Å². The fraction of sp³-hybridized carbons (Fsp3) is 0.167. The highest BCUT2D eigenvalue weighted by molar-refractivity contribution is 7.13. The van der Waals surface area contributed by atoms with Gasteiger partial charge in [-0.1, -0.05) is 36.4 Å². The number of urea groups is 1. The van der Waals surface area contributed by atoms with E-state index in [1.807, 2.05) is 47.8 Å². The molecule has 4 rings (SSSR count). The van der Waals surface area contributed by atoms with E-state index in [4.69, 9.17) is 4.42 Å². The lowest BCUT2D eigenvalue weighted by molar-refractivity contribution is -0.128. The molecule has 1 N–H and O–H groups in total.